The molecule has 3 aromatic carbocycles. The van der Waals surface area contributed by atoms with Crippen molar-refractivity contribution in [3.63, 3.8) is 0 Å². The maximum absolute atomic E-state index is 12.8. The summed E-state index contributed by atoms with van der Waals surface area (Å²) in [7, 11) is 1.56. The van der Waals surface area contributed by atoms with Crippen LogP contribution in [0.3, 0.4) is 0 Å². The number of rotatable bonds is 4. The minimum absolute atomic E-state index is 0.239. The number of aryl methyl sites for hydroxylation is 3. The van der Waals surface area contributed by atoms with Gasteiger partial charge in [0.2, 0.25) is 5.89 Å². The van der Waals surface area contributed by atoms with E-state index in [4.69, 9.17) is 9.15 Å². The summed E-state index contributed by atoms with van der Waals surface area (Å²) in [6.45, 7) is 6.01. The van der Waals surface area contributed by atoms with Gasteiger partial charge in [-0.15, -0.1) is 0 Å². The molecular weight excluding hydrogens is 444 g/mol. The van der Waals surface area contributed by atoms with Gasteiger partial charge in [-0.2, -0.15) is 0 Å². The van der Waals surface area contributed by atoms with Crippen molar-refractivity contribution >= 4 is 38.6 Å². The van der Waals surface area contributed by atoms with Gasteiger partial charge < -0.3 is 14.5 Å². The smallest absolute Gasteiger partial charge is 0.259 e. The summed E-state index contributed by atoms with van der Waals surface area (Å²) in [5.41, 5.74) is 6.82. The number of carbonyl (C=O) groups is 1. The number of halogens is 1. The first-order valence-electron chi connectivity index (χ1n) is 9.49. The lowest BCUT2D eigenvalue weighted by Crippen LogP contribution is -2.13. The van der Waals surface area contributed by atoms with Crippen molar-refractivity contribution in [1.29, 1.82) is 0 Å². The average molecular weight is 465 g/mol. The Morgan fingerprint density at radius 1 is 1.00 bits per heavy atom. The zero-order chi connectivity index (χ0) is 21.4. The second-order valence-corrected chi connectivity index (χ2v) is 8.17. The van der Waals surface area contributed by atoms with Crippen LogP contribution in [0.4, 0.5) is 5.69 Å². The Kier molecular flexibility index (Phi) is 5.35. The number of benzene rings is 3. The molecule has 0 spiro atoms. The number of hydrogen-bond acceptors (Lipinski definition) is 4. The molecule has 1 heterocycles. The van der Waals surface area contributed by atoms with Gasteiger partial charge in [-0.05, 0) is 86.0 Å². The number of nitrogens with zero attached hydrogens (tertiary/aromatic N) is 1. The van der Waals surface area contributed by atoms with Crippen LogP contribution in [-0.2, 0) is 0 Å². The van der Waals surface area contributed by atoms with Gasteiger partial charge in [0, 0.05) is 15.7 Å². The van der Waals surface area contributed by atoms with Gasteiger partial charge in [-0.1, -0.05) is 15.9 Å². The molecule has 4 aromatic rings. The van der Waals surface area contributed by atoms with E-state index in [2.05, 4.69) is 40.1 Å². The summed E-state index contributed by atoms with van der Waals surface area (Å²) in [5.74, 6) is 0.873. The van der Waals surface area contributed by atoms with Crippen molar-refractivity contribution in [3.8, 4) is 17.2 Å². The molecule has 0 saturated heterocycles. The summed E-state index contributed by atoms with van der Waals surface area (Å²) >= 11 is 3.44. The topological polar surface area (TPSA) is 64.4 Å². The lowest BCUT2D eigenvalue weighted by atomic mass is 10.1. The standard InChI is InChI=1S/C24H21BrN2O3/c1-13-10-20-21(11-14(13)2)30-24(27-20)16-5-7-18(8-6-16)26-23(28)19-12-17(25)9-15(3)22(19)29-4/h5-12H,1-4H3,(H,26,28). The molecule has 0 fully saturated rings. The molecule has 0 aliphatic carbocycles. The maximum atomic E-state index is 12.8. The number of amides is 1. The molecule has 0 bridgehead atoms. The molecular formula is C24H21BrN2O3. The van der Waals surface area contributed by atoms with Gasteiger partial charge in [-0.25, -0.2) is 4.98 Å². The molecule has 0 aliphatic heterocycles. The van der Waals surface area contributed by atoms with Crippen molar-refractivity contribution in [2.75, 3.05) is 12.4 Å². The fraction of sp³-hybridized carbons (Fsp3) is 0.167. The van der Waals surface area contributed by atoms with Crippen LogP contribution < -0.4 is 10.1 Å². The zero-order valence-corrected chi connectivity index (χ0v) is 18.8. The fourth-order valence-electron chi connectivity index (χ4n) is 3.37. The van der Waals surface area contributed by atoms with E-state index in [-0.39, 0.29) is 5.91 Å². The molecule has 6 heteroatoms. The molecule has 0 atom stereocenters. The highest BCUT2D eigenvalue weighted by molar-refractivity contribution is 9.10. The molecule has 1 aromatic heterocycles. The number of aromatic nitrogens is 1. The Morgan fingerprint density at radius 2 is 1.70 bits per heavy atom. The summed E-state index contributed by atoms with van der Waals surface area (Å²) < 4.78 is 12.1. The minimum Gasteiger partial charge on any atom is -0.496 e. The molecule has 0 radical (unpaired) electrons. The van der Waals surface area contributed by atoms with Crippen LogP contribution in [0.25, 0.3) is 22.6 Å². The van der Waals surface area contributed by atoms with Crippen LogP contribution in [0.1, 0.15) is 27.0 Å². The predicted octanol–water partition coefficient (Wildman–Crippen LogP) is 6.44. The van der Waals surface area contributed by atoms with Crippen molar-refractivity contribution in [2.24, 2.45) is 0 Å². The highest BCUT2D eigenvalue weighted by Gasteiger charge is 2.16. The summed E-state index contributed by atoms with van der Waals surface area (Å²) in [4.78, 5) is 17.4. The first-order chi connectivity index (χ1) is 14.4. The first-order valence-corrected chi connectivity index (χ1v) is 10.3. The normalized spacial score (nSPS) is 11.0. The molecule has 0 aliphatic rings. The lowest BCUT2D eigenvalue weighted by Gasteiger charge is -2.12. The maximum Gasteiger partial charge on any atom is 0.259 e. The fourth-order valence-corrected chi connectivity index (χ4v) is 3.94. The highest BCUT2D eigenvalue weighted by Crippen LogP contribution is 2.30. The van der Waals surface area contributed by atoms with Crippen molar-refractivity contribution < 1.29 is 13.9 Å². The van der Waals surface area contributed by atoms with Gasteiger partial charge in [0.05, 0.1) is 12.7 Å². The zero-order valence-electron chi connectivity index (χ0n) is 17.2. The van der Waals surface area contributed by atoms with Gasteiger partial charge >= 0.3 is 0 Å². The third kappa shape index (κ3) is 3.83. The van der Waals surface area contributed by atoms with E-state index in [9.17, 15) is 4.79 Å². The van der Waals surface area contributed by atoms with E-state index < -0.39 is 0 Å². The Labute approximate surface area is 183 Å². The van der Waals surface area contributed by atoms with E-state index in [1.807, 2.05) is 49.4 Å². The molecule has 5 nitrogen and oxygen atoms in total. The molecule has 4 rings (SSSR count). The number of ether oxygens (including phenoxy) is 1. The van der Waals surface area contributed by atoms with Crippen molar-refractivity contribution in [2.45, 2.75) is 20.8 Å². The Balaban J connectivity index is 1.58. The lowest BCUT2D eigenvalue weighted by molar-refractivity contribution is 0.102. The Bertz CT molecular complexity index is 1220. The van der Waals surface area contributed by atoms with Crippen molar-refractivity contribution in [1.82, 2.24) is 4.98 Å². The second-order valence-electron chi connectivity index (χ2n) is 7.26. The van der Waals surface area contributed by atoms with Gasteiger partial charge in [0.25, 0.3) is 5.91 Å². The van der Waals surface area contributed by atoms with E-state index >= 15 is 0 Å². The minimum atomic E-state index is -0.239. The van der Waals surface area contributed by atoms with Crippen LogP contribution >= 0.6 is 15.9 Å². The number of fused-ring (bicyclic) bond motifs is 1. The van der Waals surface area contributed by atoms with Gasteiger partial charge in [0.15, 0.2) is 5.58 Å². The van der Waals surface area contributed by atoms with Crippen LogP contribution in [0.2, 0.25) is 0 Å². The third-order valence-corrected chi connectivity index (χ3v) is 5.54. The van der Waals surface area contributed by atoms with Crippen LogP contribution in [0.15, 0.2) is 57.4 Å². The van der Waals surface area contributed by atoms with E-state index in [0.29, 0.717) is 22.9 Å². The summed E-state index contributed by atoms with van der Waals surface area (Å²) in [6.07, 6.45) is 0. The van der Waals surface area contributed by atoms with Crippen LogP contribution in [-0.4, -0.2) is 18.0 Å². The monoisotopic (exact) mass is 464 g/mol. The van der Waals surface area contributed by atoms with Gasteiger partial charge in [-0.3, -0.25) is 4.79 Å². The molecule has 1 amide bonds. The van der Waals surface area contributed by atoms with Crippen molar-refractivity contribution in [3.05, 3.63) is 75.3 Å². The first kappa shape index (κ1) is 20.2. The molecule has 0 saturated carbocycles. The molecule has 1 N–H and O–H groups in total. The Morgan fingerprint density at radius 3 is 2.40 bits per heavy atom. The summed E-state index contributed by atoms with van der Waals surface area (Å²) in [6, 6.07) is 15.1. The number of oxazole rings is 1. The summed E-state index contributed by atoms with van der Waals surface area (Å²) in [5, 5.41) is 2.92. The van der Waals surface area contributed by atoms with E-state index in [1.54, 1.807) is 13.2 Å². The van der Waals surface area contributed by atoms with Gasteiger partial charge in [0.1, 0.15) is 11.3 Å². The highest BCUT2D eigenvalue weighted by atomic mass is 79.9. The van der Waals surface area contributed by atoms with Crippen LogP contribution in [0, 0.1) is 20.8 Å². The largest absolute Gasteiger partial charge is 0.496 e. The number of anilines is 1. The van der Waals surface area contributed by atoms with Crippen LogP contribution in [0.5, 0.6) is 5.75 Å². The molecule has 0 unspecified atom stereocenters. The van der Waals surface area contributed by atoms with E-state index in [0.717, 1.165) is 26.7 Å². The second kappa shape index (κ2) is 7.95. The quantitative estimate of drug-likeness (QED) is 0.377. The third-order valence-electron chi connectivity index (χ3n) is 5.08. The molecule has 30 heavy (non-hydrogen) atoms. The number of nitrogens with one attached hydrogen (secondary N) is 1. The molecule has 152 valence electrons. The van der Waals surface area contributed by atoms with E-state index in [1.165, 1.54) is 11.1 Å². The number of carbonyl (C=O) groups excluding carboxylic acids is 1. The Hall–Kier alpha value is -3.12. The average Bonchev–Trinajstić information content (AvgIpc) is 3.11. The SMILES string of the molecule is COc1c(C)cc(Br)cc1C(=O)Nc1ccc(-c2nc3cc(C)c(C)cc3o2)cc1. The number of methoxy groups -OCH3 is 1. The number of hydrogen-bond donors (Lipinski definition) is 1. The predicted molar refractivity (Wildman–Crippen MR) is 122 cm³/mol.